The van der Waals surface area contributed by atoms with E-state index in [-0.39, 0.29) is 0 Å². The van der Waals surface area contributed by atoms with E-state index < -0.39 is 24.0 Å². The molecule has 0 bridgehead atoms. The summed E-state index contributed by atoms with van der Waals surface area (Å²) in [6, 6.07) is 0. The summed E-state index contributed by atoms with van der Waals surface area (Å²) in [5, 5.41) is 0. The van der Waals surface area contributed by atoms with Crippen LogP contribution in [0, 0.1) is 10.2 Å². The maximum atomic E-state index is 10.4. The Morgan fingerprint density at radius 1 is 1.14 bits per heavy atom. The molecule has 1 unspecified atom stereocenters. The molecule has 80 valence electrons. The first-order valence-electron chi connectivity index (χ1n) is 3.85. The molecule has 0 fully saturated rings. The Bertz CT molecular complexity index is 335. The Morgan fingerprint density at radius 3 is 2.14 bits per heavy atom. The van der Waals surface area contributed by atoms with Gasteiger partial charge in [-0.2, -0.15) is 0 Å². The van der Waals surface area contributed by atoms with E-state index >= 15 is 0 Å². The van der Waals surface area contributed by atoms with E-state index in [0.29, 0.717) is 0 Å². The first kappa shape index (κ1) is 12.1. The molecular formula is C8H11ClO4Se. The van der Waals surface area contributed by atoms with Gasteiger partial charge in [-0.15, -0.1) is 0 Å². The van der Waals surface area contributed by atoms with Crippen LogP contribution in [0.5, 0.6) is 0 Å². The molecule has 0 aromatic heterocycles. The molecule has 0 saturated heterocycles. The molecule has 0 N–H and O–H groups in total. The molecule has 1 heterocycles. The molecule has 0 saturated carbocycles. The van der Waals surface area contributed by atoms with Gasteiger partial charge in [-0.1, -0.05) is 0 Å². The van der Waals surface area contributed by atoms with Crippen molar-refractivity contribution in [3.8, 4) is 0 Å². The number of hydrogen-bond acceptors (Lipinski definition) is 4. The van der Waals surface area contributed by atoms with Crippen LogP contribution < -0.4 is 14.0 Å². The van der Waals surface area contributed by atoms with Crippen molar-refractivity contribution in [1.29, 1.82) is 0 Å². The van der Waals surface area contributed by atoms with Crippen LogP contribution in [-0.4, -0.2) is 18.2 Å². The average molecular weight is 286 g/mol. The second-order valence-corrected chi connectivity index (χ2v) is 8.47. The zero-order valence-corrected chi connectivity index (χ0v) is 10.5. The zero-order valence-electron chi connectivity index (χ0n) is 8.07. The molecule has 6 heteroatoms. The van der Waals surface area contributed by atoms with Gasteiger partial charge in [0.05, 0.1) is 0 Å². The van der Waals surface area contributed by atoms with Crippen molar-refractivity contribution in [2.75, 3.05) is 0 Å². The molecule has 4 nitrogen and oxygen atoms in total. The van der Waals surface area contributed by atoms with Crippen LogP contribution in [-0.2, 0) is 3.37 Å². The monoisotopic (exact) mass is 286 g/mol. The van der Waals surface area contributed by atoms with Crippen molar-refractivity contribution < 1.29 is 27.6 Å². The second-order valence-electron chi connectivity index (χ2n) is 2.96. The van der Waals surface area contributed by atoms with Gasteiger partial charge in [-0.25, -0.2) is 0 Å². The van der Waals surface area contributed by atoms with Crippen molar-refractivity contribution in [2.45, 2.75) is 20.8 Å². The molecule has 14 heavy (non-hydrogen) atoms. The standard InChI is InChI=1S/C8H11ClO4Se/c1-6-4-7(2)14(8(3)5-6)13-9(10,11)12/h4-5H,1-3H3. The maximum absolute atomic E-state index is 10.4. The van der Waals surface area contributed by atoms with Crippen molar-refractivity contribution in [2.24, 2.45) is 0 Å². The van der Waals surface area contributed by atoms with Crippen LogP contribution in [0.25, 0.3) is 0 Å². The quantitative estimate of drug-likeness (QED) is 0.556. The molecule has 0 spiro atoms. The summed E-state index contributed by atoms with van der Waals surface area (Å²) in [5.74, 6) is 0. The van der Waals surface area contributed by atoms with Crippen LogP contribution in [0.2, 0.25) is 0 Å². The summed E-state index contributed by atoms with van der Waals surface area (Å²) in [5.41, 5.74) is 1.04. The van der Waals surface area contributed by atoms with Crippen LogP contribution in [0.15, 0.2) is 22.2 Å². The normalized spacial score (nSPS) is 23.3. The molecule has 1 atom stereocenters. The van der Waals surface area contributed by atoms with E-state index in [0.717, 1.165) is 14.5 Å². The number of allylic oxidation sites excluding steroid dienone is 4. The first-order chi connectivity index (χ1) is 6.29. The Morgan fingerprint density at radius 2 is 1.71 bits per heavy atom. The van der Waals surface area contributed by atoms with Gasteiger partial charge in [0, 0.05) is 0 Å². The van der Waals surface area contributed by atoms with Gasteiger partial charge >= 0.3 is 88.8 Å². The van der Waals surface area contributed by atoms with Crippen molar-refractivity contribution in [3.63, 3.8) is 0 Å². The predicted molar refractivity (Wildman–Crippen MR) is 45.0 cm³/mol. The Kier molecular flexibility index (Phi) is 3.66. The van der Waals surface area contributed by atoms with Crippen LogP contribution >= 0.6 is 0 Å². The minimum atomic E-state index is -4.32. The van der Waals surface area contributed by atoms with Crippen molar-refractivity contribution in [1.82, 2.24) is 0 Å². The van der Waals surface area contributed by atoms with E-state index in [2.05, 4.69) is 3.37 Å². The summed E-state index contributed by atoms with van der Waals surface area (Å²) < 4.78 is 37.5. The molecule has 0 aliphatic carbocycles. The molecule has 1 aliphatic heterocycles. The van der Waals surface area contributed by atoms with Gasteiger partial charge in [0.2, 0.25) is 0 Å². The van der Waals surface area contributed by atoms with E-state index in [4.69, 9.17) is 0 Å². The van der Waals surface area contributed by atoms with Crippen LogP contribution in [0.3, 0.4) is 0 Å². The topological polar surface area (TPSA) is 78.4 Å². The summed E-state index contributed by atoms with van der Waals surface area (Å²) in [4.78, 5) is 0. The first-order valence-corrected chi connectivity index (χ1v) is 7.49. The second kappa shape index (κ2) is 4.24. The predicted octanol–water partition coefficient (Wildman–Crippen LogP) is -1.89. The van der Waals surface area contributed by atoms with Gasteiger partial charge in [0.15, 0.2) is 0 Å². The van der Waals surface area contributed by atoms with E-state index in [1.54, 1.807) is 13.8 Å². The van der Waals surface area contributed by atoms with Crippen LogP contribution in [0.4, 0.5) is 0 Å². The number of hydrogen-bond donors (Lipinski definition) is 0. The van der Waals surface area contributed by atoms with E-state index in [1.165, 1.54) is 0 Å². The fraction of sp³-hybridized carbons (Fsp3) is 0.375. The third kappa shape index (κ3) is 3.29. The van der Waals surface area contributed by atoms with Gasteiger partial charge in [0.25, 0.3) is 0 Å². The molecule has 0 aromatic rings. The Balaban J connectivity index is 3.00. The van der Waals surface area contributed by atoms with Crippen molar-refractivity contribution >= 4 is 18.2 Å². The van der Waals surface area contributed by atoms with Gasteiger partial charge < -0.3 is 0 Å². The van der Waals surface area contributed by atoms with Gasteiger partial charge in [-0.05, 0) is 0 Å². The van der Waals surface area contributed by atoms with E-state index in [1.807, 2.05) is 19.1 Å². The SMILES string of the molecule is CC1=CC(C)=[Se](O[Cl+3]([O-])([O-])[O-])C(C)=C1. The fourth-order valence-electron chi connectivity index (χ4n) is 1.22. The van der Waals surface area contributed by atoms with Crippen LogP contribution in [0.1, 0.15) is 20.8 Å². The summed E-state index contributed by atoms with van der Waals surface area (Å²) in [6.07, 6.45) is 3.69. The third-order valence-electron chi connectivity index (χ3n) is 1.59. The van der Waals surface area contributed by atoms with E-state index in [9.17, 15) is 14.0 Å². The summed E-state index contributed by atoms with van der Waals surface area (Å²) in [7, 11) is -4.32. The summed E-state index contributed by atoms with van der Waals surface area (Å²) in [6.45, 7) is 5.48. The third-order valence-corrected chi connectivity index (χ3v) is 6.58. The molecule has 0 aromatic carbocycles. The molecule has 1 rings (SSSR count). The van der Waals surface area contributed by atoms with Crippen molar-refractivity contribution in [3.05, 3.63) is 22.2 Å². The summed E-state index contributed by atoms with van der Waals surface area (Å²) >= 11 is -2.05. The molecular weight excluding hydrogens is 274 g/mol. The molecule has 1 aliphatic rings. The molecule has 0 radical (unpaired) electrons. The zero-order chi connectivity index (χ0) is 10.9. The number of halogens is 1. The van der Waals surface area contributed by atoms with Gasteiger partial charge in [-0.3, -0.25) is 0 Å². The Hall–Kier alpha value is -0.000519. The molecule has 0 amide bonds. The Labute approximate surface area is 89.0 Å². The minimum absolute atomic E-state index is 0.842. The van der Waals surface area contributed by atoms with Gasteiger partial charge in [0.1, 0.15) is 0 Å². The number of rotatable bonds is 2. The fourth-order valence-corrected chi connectivity index (χ4v) is 6.09. The average Bonchev–Trinajstić information content (AvgIpc) is 1.95.